The smallest absolute Gasteiger partial charge is 0.410 e. The number of aliphatic hydroxyl groups excluding tert-OH is 1. The fourth-order valence-corrected chi connectivity index (χ4v) is 3.42. The Morgan fingerprint density at radius 1 is 1.33 bits per heavy atom. The van der Waals surface area contributed by atoms with Crippen LogP contribution < -0.4 is 14.8 Å². The fourth-order valence-electron chi connectivity index (χ4n) is 3.42. The highest BCUT2D eigenvalue weighted by atomic mass is 16.6. The van der Waals surface area contributed by atoms with Crippen molar-refractivity contribution in [1.29, 1.82) is 5.26 Å². The maximum atomic E-state index is 12.7. The molecule has 0 unspecified atom stereocenters. The number of piperidine rings is 1. The molecular weight excluding hydrogens is 390 g/mol. The van der Waals surface area contributed by atoms with Crippen LogP contribution in [0.2, 0.25) is 0 Å². The highest BCUT2D eigenvalue weighted by Crippen LogP contribution is 2.35. The summed E-state index contributed by atoms with van der Waals surface area (Å²) in [6.07, 6.45) is -0.719. The van der Waals surface area contributed by atoms with E-state index < -0.39 is 23.7 Å². The van der Waals surface area contributed by atoms with Crippen molar-refractivity contribution in [3.05, 3.63) is 23.3 Å². The van der Waals surface area contributed by atoms with Crippen LogP contribution in [0.4, 0.5) is 4.79 Å². The second kappa shape index (κ2) is 8.79. The molecule has 2 heterocycles. The van der Waals surface area contributed by atoms with Gasteiger partial charge in [0.2, 0.25) is 0 Å². The van der Waals surface area contributed by atoms with E-state index in [0.29, 0.717) is 43.2 Å². The van der Waals surface area contributed by atoms with Gasteiger partial charge in [0.25, 0.3) is 5.91 Å². The standard InChI is InChI=1S/C21H27N3O6/c1-21(2,3)30-20(27)24-5-4-14(16(25)12-24)11-23-19(26)15-8-13(10-22)9-17-18(15)29-7-6-28-17/h8-9,14,16,25H,4-7,11-12H2,1-3H3,(H,23,26)/t14-,16+/m0/s1. The summed E-state index contributed by atoms with van der Waals surface area (Å²) in [6.45, 7) is 6.85. The number of nitrogens with zero attached hydrogens (tertiary/aromatic N) is 2. The number of carbonyl (C=O) groups excluding carboxylic acids is 2. The number of hydrogen-bond donors (Lipinski definition) is 2. The van der Waals surface area contributed by atoms with Gasteiger partial charge < -0.3 is 29.5 Å². The number of aliphatic hydroxyl groups is 1. The Hall–Kier alpha value is -2.99. The summed E-state index contributed by atoms with van der Waals surface area (Å²) < 4.78 is 16.4. The minimum Gasteiger partial charge on any atom is -0.486 e. The van der Waals surface area contributed by atoms with Crippen molar-refractivity contribution < 1.29 is 28.9 Å². The molecule has 0 aromatic heterocycles. The maximum absolute atomic E-state index is 12.7. The van der Waals surface area contributed by atoms with Crippen LogP contribution in [-0.4, -0.2) is 66.6 Å². The number of likely N-dealkylation sites (tertiary alicyclic amines) is 1. The van der Waals surface area contributed by atoms with Gasteiger partial charge in [-0.15, -0.1) is 0 Å². The summed E-state index contributed by atoms with van der Waals surface area (Å²) in [6, 6.07) is 5.02. The van der Waals surface area contributed by atoms with Gasteiger partial charge in [-0.2, -0.15) is 5.26 Å². The number of fused-ring (bicyclic) bond motifs is 1. The highest BCUT2D eigenvalue weighted by molar-refractivity contribution is 5.98. The lowest BCUT2D eigenvalue weighted by Crippen LogP contribution is -2.50. The number of ether oxygens (including phenoxy) is 3. The monoisotopic (exact) mass is 417 g/mol. The summed E-state index contributed by atoms with van der Waals surface area (Å²) in [7, 11) is 0. The van der Waals surface area contributed by atoms with Crippen LogP contribution in [0.1, 0.15) is 43.1 Å². The number of nitriles is 1. The van der Waals surface area contributed by atoms with E-state index in [1.54, 1.807) is 26.8 Å². The van der Waals surface area contributed by atoms with Crippen molar-refractivity contribution in [3.63, 3.8) is 0 Å². The van der Waals surface area contributed by atoms with Gasteiger partial charge in [-0.1, -0.05) is 0 Å². The lowest BCUT2D eigenvalue weighted by atomic mass is 9.94. The number of amides is 2. The molecule has 0 aliphatic carbocycles. The Balaban J connectivity index is 1.60. The van der Waals surface area contributed by atoms with Crippen LogP contribution in [0, 0.1) is 17.2 Å². The molecule has 0 spiro atoms. The van der Waals surface area contributed by atoms with E-state index in [4.69, 9.17) is 14.2 Å². The van der Waals surface area contributed by atoms with Gasteiger partial charge >= 0.3 is 6.09 Å². The molecule has 2 aliphatic rings. The van der Waals surface area contributed by atoms with Gasteiger partial charge in [0.05, 0.1) is 29.8 Å². The molecule has 1 fully saturated rings. The quantitative estimate of drug-likeness (QED) is 0.767. The van der Waals surface area contributed by atoms with Gasteiger partial charge in [0, 0.05) is 25.1 Å². The molecule has 2 atom stereocenters. The molecule has 3 rings (SSSR count). The topological polar surface area (TPSA) is 121 Å². The second-order valence-electron chi connectivity index (χ2n) is 8.41. The number of hydrogen-bond acceptors (Lipinski definition) is 7. The molecule has 0 bridgehead atoms. The molecule has 9 nitrogen and oxygen atoms in total. The van der Waals surface area contributed by atoms with Crippen LogP contribution >= 0.6 is 0 Å². The molecule has 162 valence electrons. The van der Waals surface area contributed by atoms with Gasteiger partial charge in [0.15, 0.2) is 11.5 Å². The third kappa shape index (κ3) is 5.13. The summed E-state index contributed by atoms with van der Waals surface area (Å²) in [5.41, 5.74) is -0.0741. The lowest BCUT2D eigenvalue weighted by Gasteiger charge is -2.36. The molecule has 2 N–H and O–H groups in total. The molecule has 1 aromatic carbocycles. The molecular formula is C21H27N3O6. The number of nitrogens with one attached hydrogen (secondary N) is 1. The Bertz CT molecular complexity index is 858. The van der Waals surface area contributed by atoms with E-state index in [1.807, 2.05) is 6.07 Å². The zero-order valence-electron chi connectivity index (χ0n) is 17.4. The van der Waals surface area contributed by atoms with Crippen LogP contribution in [0.15, 0.2) is 12.1 Å². The number of rotatable bonds is 3. The maximum Gasteiger partial charge on any atom is 0.410 e. The van der Waals surface area contributed by atoms with E-state index in [1.165, 1.54) is 11.0 Å². The van der Waals surface area contributed by atoms with E-state index in [9.17, 15) is 20.0 Å². The average Bonchev–Trinajstić information content (AvgIpc) is 2.70. The van der Waals surface area contributed by atoms with E-state index in [2.05, 4.69) is 5.32 Å². The lowest BCUT2D eigenvalue weighted by molar-refractivity contribution is -0.0122. The minimum atomic E-state index is -0.787. The van der Waals surface area contributed by atoms with Crippen LogP contribution in [0.5, 0.6) is 11.5 Å². The largest absolute Gasteiger partial charge is 0.486 e. The van der Waals surface area contributed by atoms with Crippen LogP contribution in [0.3, 0.4) is 0 Å². The zero-order valence-corrected chi connectivity index (χ0v) is 17.4. The average molecular weight is 417 g/mol. The van der Waals surface area contributed by atoms with Crippen molar-refractivity contribution in [2.75, 3.05) is 32.8 Å². The van der Waals surface area contributed by atoms with Gasteiger partial charge in [-0.25, -0.2) is 4.79 Å². The van der Waals surface area contributed by atoms with Crippen molar-refractivity contribution >= 4 is 12.0 Å². The van der Waals surface area contributed by atoms with Crippen molar-refractivity contribution in [1.82, 2.24) is 10.2 Å². The predicted octanol–water partition coefficient (Wildman–Crippen LogP) is 1.68. The summed E-state index contributed by atoms with van der Waals surface area (Å²) in [4.78, 5) is 26.4. The predicted molar refractivity (Wildman–Crippen MR) is 106 cm³/mol. The number of benzene rings is 1. The Morgan fingerprint density at radius 2 is 2.07 bits per heavy atom. The van der Waals surface area contributed by atoms with E-state index in [-0.39, 0.29) is 24.6 Å². The molecule has 30 heavy (non-hydrogen) atoms. The first-order chi connectivity index (χ1) is 14.2. The fraction of sp³-hybridized carbons (Fsp3) is 0.571. The zero-order chi connectivity index (χ0) is 21.9. The van der Waals surface area contributed by atoms with E-state index >= 15 is 0 Å². The van der Waals surface area contributed by atoms with Crippen molar-refractivity contribution in [2.24, 2.45) is 5.92 Å². The molecule has 2 aliphatic heterocycles. The van der Waals surface area contributed by atoms with Crippen molar-refractivity contribution in [2.45, 2.75) is 38.9 Å². The Labute approximate surface area is 175 Å². The number of carbonyl (C=O) groups is 2. The van der Waals surface area contributed by atoms with Crippen LogP contribution in [-0.2, 0) is 4.74 Å². The first kappa shape index (κ1) is 21.7. The third-order valence-electron chi connectivity index (χ3n) is 4.91. The van der Waals surface area contributed by atoms with E-state index in [0.717, 1.165) is 0 Å². The normalized spacial score (nSPS) is 20.8. The molecule has 0 saturated carbocycles. The van der Waals surface area contributed by atoms with Gasteiger partial charge in [-0.05, 0) is 33.3 Å². The Kier molecular flexibility index (Phi) is 6.37. The third-order valence-corrected chi connectivity index (χ3v) is 4.91. The first-order valence-electron chi connectivity index (χ1n) is 9.96. The SMILES string of the molecule is CC(C)(C)OC(=O)N1CC[C@@H](CNC(=O)c2cc(C#N)cc3c2OCCO3)[C@H](O)C1. The number of β-amino-alcohol motifs (C(OH)–C–C–N with tert-alkyl or cyclic N) is 1. The second-order valence-corrected chi connectivity index (χ2v) is 8.41. The summed E-state index contributed by atoms with van der Waals surface area (Å²) in [5, 5.41) is 22.5. The van der Waals surface area contributed by atoms with Crippen LogP contribution in [0.25, 0.3) is 0 Å². The summed E-state index contributed by atoms with van der Waals surface area (Å²) in [5.74, 6) is 0.0737. The first-order valence-corrected chi connectivity index (χ1v) is 9.96. The molecule has 1 aromatic rings. The molecule has 9 heteroatoms. The summed E-state index contributed by atoms with van der Waals surface area (Å²) >= 11 is 0. The molecule has 1 saturated heterocycles. The molecule has 2 amide bonds. The van der Waals surface area contributed by atoms with Crippen molar-refractivity contribution in [3.8, 4) is 17.6 Å². The van der Waals surface area contributed by atoms with Gasteiger partial charge in [-0.3, -0.25) is 4.79 Å². The molecule has 0 radical (unpaired) electrons. The minimum absolute atomic E-state index is 0.145. The Morgan fingerprint density at radius 3 is 2.73 bits per heavy atom. The van der Waals surface area contributed by atoms with Gasteiger partial charge in [0.1, 0.15) is 18.8 Å². The highest BCUT2D eigenvalue weighted by Gasteiger charge is 2.33.